The minimum Gasteiger partial charge on any atom is -0.122 e. The quantitative estimate of drug-likeness (QED) is 0.536. The molecule has 0 nitrogen and oxygen atoms in total. The molecular formula is C10H16Cl6. The second kappa shape index (κ2) is 8.77. The molecule has 6 atom stereocenters. The van der Waals surface area contributed by atoms with Gasteiger partial charge in [-0.3, -0.25) is 0 Å². The van der Waals surface area contributed by atoms with Crippen LogP contribution in [0.1, 0.15) is 26.7 Å². The van der Waals surface area contributed by atoms with E-state index in [0.29, 0.717) is 0 Å². The molecule has 6 heteroatoms. The third kappa shape index (κ3) is 5.59. The topological polar surface area (TPSA) is 0 Å². The zero-order valence-electron chi connectivity index (χ0n) is 9.15. The monoisotopic (exact) mass is 346 g/mol. The molecule has 0 aliphatic rings. The van der Waals surface area contributed by atoms with E-state index in [9.17, 15) is 0 Å². The Balaban J connectivity index is 4.36. The molecule has 0 saturated heterocycles. The maximum atomic E-state index is 6.16. The van der Waals surface area contributed by atoms with Crippen LogP contribution in [0, 0.1) is 0 Å². The first kappa shape index (κ1) is 17.7. The van der Waals surface area contributed by atoms with Crippen molar-refractivity contribution in [3.05, 3.63) is 0 Å². The predicted octanol–water partition coefficient (Wildman–Crippen LogP) is 5.45. The van der Waals surface area contributed by atoms with Crippen LogP contribution in [-0.4, -0.2) is 32.3 Å². The molecule has 0 radical (unpaired) electrons. The second-order valence-corrected chi connectivity index (χ2v) is 7.02. The lowest BCUT2D eigenvalue weighted by atomic mass is 10.1. The summed E-state index contributed by atoms with van der Waals surface area (Å²) in [7, 11) is 0. The highest BCUT2D eigenvalue weighted by Gasteiger charge is 2.35. The van der Waals surface area contributed by atoms with Gasteiger partial charge in [-0.25, -0.2) is 0 Å². The van der Waals surface area contributed by atoms with Gasteiger partial charge in [0.05, 0.1) is 26.9 Å². The van der Waals surface area contributed by atoms with E-state index >= 15 is 0 Å². The summed E-state index contributed by atoms with van der Waals surface area (Å²) in [6.45, 7) is 3.80. The summed E-state index contributed by atoms with van der Waals surface area (Å²) in [5.74, 6) is 0. The number of hydrogen-bond donors (Lipinski definition) is 0. The highest BCUT2D eigenvalue weighted by molar-refractivity contribution is 6.41. The van der Waals surface area contributed by atoms with Crippen molar-refractivity contribution in [3.63, 3.8) is 0 Å². The van der Waals surface area contributed by atoms with Crippen molar-refractivity contribution >= 4 is 69.6 Å². The minimum atomic E-state index is -0.503. The Hall–Kier alpha value is 1.74. The lowest BCUT2D eigenvalue weighted by molar-refractivity contribution is 0.615. The van der Waals surface area contributed by atoms with Crippen molar-refractivity contribution in [1.82, 2.24) is 0 Å². The summed E-state index contributed by atoms with van der Waals surface area (Å²) < 4.78 is 0. The van der Waals surface area contributed by atoms with Gasteiger partial charge < -0.3 is 0 Å². The summed E-state index contributed by atoms with van der Waals surface area (Å²) in [5.41, 5.74) is 0. The number of rotatable bonds is 7. The van der Waals surface area contributed by atoms with E-state index < -0.39 is 21.5 Å². The van der Waals surface area contributed by atoms with Gasteiger partial charge in [0.25, 0.3) is 0 Å². The Morgan fingerprint density at radius 2 is 1.19 bits per heavy atom. The van der Waals surface area contributed by atoms with Crippen LogP contribution < -0.4 is 0 Å². The first-order chi connectivity index (χ1) is 7.32. The van der Waals surface area contributed by atoms with Gasteiger partial charge in [0.15, 0.2) is 0 Å². The van der Waals surface area contributed by atoms with Crippen molar-refractivity contribution in [2.24, 2.45) is 0 Å². The molecule has 0 aliphatic carbocycles. The van der Waals surface area contributed by atoms with Gasteiger partial charge in [0, 0.05) is 5.38 Å². The summed E-state index contributed by atoms with van der Waals surface area (Å²) in [6, 6.07) is 0. The molecule has 0 saturated carbocycles. The van der Waals surface area contributed by atoms with Crippen molar-refractivity contribution in [2.75, 3.05) is 0 Å². The zero-order valence-corrected chi connectivity index (χ0v) is 13.7. The van der Waals surface area contributed by atoms with Crippen molar-refractivity contribution in [1.29, 1.82) is 0 Å². The molecule has 0 aromatic carbocycles. The molecule has 0 spiro atoms. The third-order valence-electron chi connectivity index (χ3n) is 2.26. The van der Waals surface area contributed by atoms with Crippen molar-refractivity contribution in [2.45, 2.75) is 59.0 Å². The van der Waals surface area contributed by atoms with Crippen molar-refractivity contribution < 1.29 is 0 Å². The van der Waals surface area contributed by atoms with E-state index in [0.717, 1.165) is 12.8 Å². The minimum absolute atomic E-state index is 0.204. The fourth-order valence-corrected chi connectivity index (χ4v) is 3.22. The van der Waals surface area contributed by atoms with Crippen LogP contribution in [0.3, 0.4) is 0 Å². The zero-order chi connectivity index (χ0) is 12.9. The Bertz CT molecular complexity index is 186. The number of alkyl halides is 6. The molecule has 0 rings (SSSR count). The van der Waals surface area contributed by atoms with E-state index in [1.165, 1.54) is 0 Å². The maximum Gasteiger partial charge on any atom is 0.0692 e. The number of hydrogen-bond acceptors (Lipinski definition) is 0. The van der Waals surface area contributed by atoms with E-state index in [2.05, 4.69) is 0 Å². The lowest BCUT2D eigenvalue weighted by Gasteiger charge is -2.28. The van der Waals surface area contributed by atoms with Gasteiger partial charge >= 0.3 is 0 Å². The van der Waals surface area contributed by atoms with Crippen LogP contribution in [0.25, 0.3) is 0 Å². The standard InChI is InChI=1S/C10H16Cl6/c1-3-4-6(12)8(14)10(16)9(15)7(13)5(2)11/h5-10H,3-4H2,1-2H3. The van der Waals surface area contributed by atoms with Crippen LogP contribution in [-0.2, 0) is 0 Å². The largest absolute Gasteiger partial charge is 0.122 e. The smallest absolute Gasteiger partial charge is 0.0692 e. The molecular weight excluding hydrogens is 333 g/mol. The molecule has 16 heavy (non-hydrogen) atoms. The molecule has 0 bridgehead atoms. The van der Waals surface area contributed by atoms with Gasteiger partial charge in [0.1, 0.15) is 0 Å². The summed E-state index contributed by atoms with van der Waals surface area (Å²) in [5, 5.41) is -2.32. The van der Waals surface area contributed by atoms with E-state index in [1.807, 2.05) is 6.92 Å². The normalized spacial score (nSPS) is 23.2. The van der Waals surface area contributed by atoms with Gasteiger partial charge in [-0.2, -0.15) is 0 Å². The summed E-state index contributed by atoms with van der Waals surface area (Å²) in [4.78, 5) is 0. The summed E-state index contributed by atoms with van der Waals surface area (Å²) >= 11 is 36.4. The highest BCUT2D eigenvalue weighted by atomic mass is 35.5. The Kier molecular flexibility index (Phi) is 9.73. The SMILES string of the molecule is CCCC(Cl)C(Cl)C(Cl)C(Cl)C(Cl)C(C)Cl. The van der Waals surface area contributed by atoms with Gasteiger partial charge in [0.2, 0.25) is 0 Å². The number of halogens is 6. The Morgan fingerprint density at radius 3 is 1.56 bits per heavy atom. The lowest BCUT2D eigenvalue weighted by Crippen LogP contribution is -2.39. The molecule has 0 aromatic heterocycles. The first-order valence-corrected chi connectivity index (χ1v) is 7.79. The highest BCUT2D eigenvalue weighted by Crippen LogP contribution is 2.31. The molecule has 0 aromatic rings. The second-order valence-electron chi connectivity index (χ2n) is 3.76. The Labute approximate surface area is 128 Å². The predicted molar refractivity (Wildman–Crippen MR) is 78.4 cm³/mol. The van der Waals surface area contributed by atoms with Crippen LogP contribution >= 0.6 is 69.6 Å². The molecule has 0 heterocycles. The van der Waals surface area contributed by atoms with Crippen LogP contribution in [0.15, 0.2) is 0 Å². The molecule has 98 valence electrons. The van der Waals surface area contributed by atoms with Crippen molar-refractivity contribution in [3.8, 4) is 0 Å². The van der Waals surface area contributed by atoms with E-state index in [4.69, 9.17) is 69.6 Å². The van der Waals surface area contributed by atoms with Crippen LogP contribution in [0.4, 0.5) is 0 Å². The van der Waals surface area contributed by atoms with E-state index in [-0.39, 0.29) is 10.8 Å². The molecule has 0 aliphatic heterocycles. The molecule has 0 fully saturated rings. The Morgan fingerprint density at radius 1 is 0.750 bits per heavy atom. The fourth-order valence-electron chi connectivity index (χ4n) is 1.24. The third-order valence-corrected chi connectivity index (χ3v) is 5.98. The average Bonchev–Trinajstić information content (AvgIpc) is 2.25. The van der Waals surface area contributed by atoms with Crippen LogP contribution in [0.2, 0.25) is 0 Å². The van der Waals surface area contributed by atoms with Crippen LogP contribution in [0.5, 0.6) is 0 Å². The molecule has 6 unspecified atom stereocenters. The first-order valence-electron chi connectivity index (χ1n) is 5.17. The van der Waals surface area contributed by atoms with Gasteiger partial charge in [-0.05, 0) is 13.3 Å². The molecule has 0 N–H and O–H groups in total. The van der Waals surface area contributed by atoms with Gasteiger partial charge in [-0.1, -0.05) is 13.3 Å². The van der Waals surface area contributed by atoms with E-state index in [1.54, 1.807) is 6.92 Å². The maximum absolute atomic E-state index is 6.16. The molecule has 0 amide bonds. The summed E-state index contributed by atoms with van der Waals surface area (Å²) in [6.07, 6.45) is 1.75. The van der Waals surface area contributed by atoms with Gasteiger partial charge in [-0.15, -0.1) is 69.6 Å². The average molecular weight is 349 g/mol. The fraction of sp³-hybridized carbons (Fsp3) is 1.00.